The van der Waals surface area contributed by atoms with Crippen molar-refractivity contribution in [2.24, 2.45) is 0 Å². The van der Waals surface area contributed by atoms with Crippen LogP contribution in [0.1, 0.15) is 28.8 Å². The molecule has 1 aliphatic heterocycles. The van der Waals surface area contributed by atoms with Gasteiger partial charge in [0.15, 0.2) is 0 Å². The summed E-state index contributed by atoms with van der Waals surface area (Å²) in [5.74, 6) is 0.711. The van der Waals surface area contributed by atoms with Crippen LogP contribution >= 0.6 is 0 Å². The van der Waals surface area contributed by atoms with Gasteiger partial charge in [-0.1, -0.05) is 18.2 Å². The Kier molecular flexibility index (Phi) is 5.61. The Morgan fingerprint density at radius 1 is 1.20 bits per heavy atom. The van der Waals surface area contributed by atoms with E-state index in [0.29, 0.717) is 31.5 Å². The highest BCUT2D eigenvalue weighted by Gasteiger charge is 2.18. The van der Waals surface area contributed by atoms with Gasteiger partial charge in [0.25, 0.3) is 5.91 Å². The summed E-state index contributed by atoms with van der Waals surface area (Å²) in [6.45, 7) is 2.00. The van der Waals surface area contributed by atoms with Crippen molar-refractivity contribution in [2.45, 2.75) is 19.3 Å². The minimum Gasteiger partial charge on any atom is -0.359 e. The van der Waals surface area contributed by atoms with Gasteiger partial charge in [-0.3, -0.25) is 9.59 Å². The van der Waals surface area contributed by atoms with Crippen LogP contribution in [0.25, 0.3) is 0 Å². The van der Waals surface area contributed by atoms with Crippen LogP contribution in [0.2, 0.25) is 0 Å². The Balaban J connectivity index is 1.63. The molecule has 6 nitrogen and oxygen atoms in total. The SMILES string of the molecule is O=CNCCCNC(=O)c1ccc(N2CCCc3ccccc32)nc1. The lowest BCUT2D eigenvalue weighted by atomic mass is 10.0. The summed E-state index contributed by atoms with van der Waals surface area (Å²) in [6.07, 6.45) is 5.15. The number of benzene rings is 1. The first-order chi connectivity index (χ1) is 12.3. The number of anilines is 2. The van der Waals surface area contributed by atoms with Gasteiger partial charge in [0.05, 0.1) is 5.56 Å². The summed E-state index contributed by atoms with van der Waals surface area (Å²) < 4.78 is 0. The first-order valence-electron chi connectivity index (χ1n) is 8.56. The molecule has 0 saturated carbocycles. The van der Waals surface area contributed by atoms with Gasteiger partial charge in [-0.05, 0) is 43.0 Å². The lowest BCUT2D eigenvalue weighted by molar-refractivity contribution is -0.109. The molecule has 2 amide bonds. The van der Waals surface area contributed by atoms with Gasteiger partial charge < -0.3 is 15.5 Å². The summed E-state index contributed by atoms with van der Waals surface area (Å²) in [7, 11) is 0. The highest BCUT2D eigenvalue weighted by molar-refractivity contribution is 5.94. The van der Waals surface area contributed by atoms with Gasteiger partial charge in [-0.15, -0.1) is 0 Å². The third-order valence-electron chi connectivity index (χ3n) is 4.26. The summed E-state index contributed by atoms with van der Waals surface area (Å²) in [4.78, 5) is 28.9. The molecule has 0 radical (unpaired) electrons. The third kappa shape index (κ3) is 4.15. The molecule has 2 N–H and O–H groups in total. The van der Waals surface area contributed by atoms with E-state index in [1.807, 2.05) is 12.1 Å². The van der Waals surface area contributed by atoms with Crippen LogP contribution < -0.4 is 15.5 Å². The first-order valence-corrected chi connectivity index (χ1v) is 8.56. The topological polar surface area (TPSA) is 74.3 Å². The molecule has 130 valence electrons. The van der Waals surface area contributed by atoms with Crippen LogP contribution in [0.15, 0.2) is 42.6 Å². The molecule has 2 aromatic rings. The molecule has 0 bridgehead atoms. The number of rotatable bonds is 7. The van der Waals surface area contributed by atoms with Crippen molar-refractivity contribution < 1.29 is 9.59 Å². The third-order valence-corrected chi connectivity index (χ3v) is 4.26. The van der Waals surface area contributed by atoms with Crippen molar-refractivity contribution in [1.29, 1.82) is 0 Å². The predicted octanol–water partition coefficient (Wildman–Crippen LogP) is 2.03. The van der Waals surface area contributed by atoms with Gasteiger partial charge >= 0.3 is 0 Å². The van der Waals surface area contributed by atoms with Crippen molar-refractivity contribution in [3.8, 4) is 0 Å². The zero-order chi connectivity index (χ0) is 17.5. The second-order valence-corrected chi connectivity index (χ2v) is 5.97. The number of amides is 2. The number of aromatic nitrogens is 1. The fourth-order valence-electron chi connectivity index (χ4n) is 3.00. The number of hydrogen-bond donors (Lipinski definition) is 2. The zero-order valence-corrected chi connectivity index (χ0v) is 14.1. The number of hydrogen-bond acceptors (Lipinski definition) is 4. The van der Waals surface area contributed by atoms with Crippen molar-refractivity contribution in [3.05, 3.63) is 53.7 Å². The highest BCUT2D eigenvalue weighted by atomic mass is 16.1. The van der Waals surface area contributed by atoms with Crippen LogP contribution in [0.5, 0.6) is 0 Å². The van der Waals surface area contributed by atoms with E-state index in [4.69, 9.17) is 0 Å². The van der Waals surface area contributed by atoms with Gasteiger partial charge in [-0.2, -0.15) is 0 Å². The number of carbonyl (C=O) groups is 2. The Hall–Kier alpha value is -2.89. The normalized spacial score (nSPS) is 13.0. The van der Waals surface area contributed by atoms with Crippen LogP contribution in [0.3, 0.4) is 0 Å². The van der Waals surface area contributed by atoms with E-state index in [1.165, 1.54) is 11.3 Å². The predicted molar refractivity (Wildman–Crippen MR) is 97.0 cm³/mol. The molecule has 25 heavy (non-hydrogen) atoms. The van der Waals surface area contributed by atoms with E-state index in [1.54, 1.807) is 12.3 Å². The van der Waals surface area contributed by atoms with Gasteiger partial charge in [0.1, 0.15) is 5.82 Å². The Morgan fingerprint density at radius 3 is 2.88 bits per heavy atom. The molecular formula is C19H22N4O2. The van der Waals surface area contributed by atoms with Crippen LogP contribution in [0, 0.1) is 0 Å². The van der Waals surface area contributed by atoms with Crippen LogP contribution in [0.4, 0.5) is 11.5 Å². The molecule has 0 aliphatic carbocycles. The van der Waals surface area contributed by atoms with Crippen molar-refractivity contribution in [3.63, 3.8) is 0 Å². The standard InChI is InChI=1S/C19H22N4O2/c24-14-20-10-4-11-21-19(25)16-8-9-18(22-13-16)23-12-3-6-15-5-1-2-7-17(15)23/h1-2,5,7-9,13-14H,3-4,6,10-12H2,(H,20,24)(H,21,25). The van der Waals surface area contributed by atoms with Crippen molar-refractivity contribution in [1.82, 2.24) is 15.6 Å². The maximum absolute atomic E-state index is 12.1. The molecule has 3 rings (SSSR count). The maximum atomic E-state index is 12.1. The quantitative estimate of drug-likeness (QED) is 0.598. The number of aryl methyl sites for hydroxylation is 1. The highest BCUT2D eigenvalue weighted by Crippen LogP contribution is 2.31. The molecule has 0 saturated heterocycles. The van der Waals surface area contributed by atoms with Crippen LogP contribution in [-0.4, -0.2) is 36.9 Å². The van der Waals surface area contributed by atoms with E-state index < -0.39 is 0 Å². The minimum absolute atomic E-state index is 0.149. The molecule has 1 aromatic heterocycles. The second-order valence-electron chi connectivity index (χ2n) is 5.97. The lowest BCUT2D eigenvalue weighted by Crippen LogP contribution is -2.28. The average molecular weight is 338 g/mol. The Morgan fingerprint density at radius 2 is 2.08 bits per heavy atom. The summed E-state index contributed by atoms with van der Waals surface area (Å²) >= 11 is 0. The largest absolute Gasteiger partial charge is 0.359 e. The summed E-state index contributed by atoms with van der Waals surface area (Å²) in [6, 6.07) is 12.1. The number of nitrogens with zero attached hydrogens (tertiary/aromatic N) is 2. The van der Waals surface area contributed by atoms with E-state index >= 15 is 0 Å². The lowest BCUT2D eigenvalue weighted by Gasteiger charge is -2.30. The smallest absolute Gasteiger partial charge is 0.252 e. The van der Waals surface area contributed by atoms with E-state index in [2.05, 4.69) is 38.7 Å². The monoisotopic (exact) mass is 338 g/mol. The Bertz CT molecular complexity index is 730. The number of nitrogens with one attached hydrogen (secondary N) is 2. The first kappa shape index (κ1) is 17.0. The van der Waals surface area contributed by atoms with E-state index in [-0.39, 0.29) is 5.91 Å². The second kappa shape index (κ2) is 8.28. The zero-order valence-electron chi connectivity index (χ0n) is 14.1. The minimum atomic E-state index is -0.149. The molecule has 0 unspecified atom stereocenters. The van der Waals surface area contributed by atoms with Gasteiger partial charge in [0, 0.05) is 31.5 Å². The van der Waals surface area contributed by atoms with Crippen LogP contribution in [-0.2, 0) is 11.2 Å². The molecule has 0 spiro atoms. The number of fused-ring (bicyclic) bond motifs is 1. The van der Waals surface area contributed by atoms with Gasteiger partial charge in [0.2, 0.25) is 6.41 Å². The summed E-state index contributed by atoms with van der Waals surface area (Å²) in [5.41, 5.74) is 3.07. The van der Waals surface area contributed by atoms with E-state index in [9.17, 15) is 9.59 Å². The molecular weight excluding hydrogens is 316 g/mol. The van der Waals surface area contributed by atoms with E-state index in [0.717, 1.165) is 25.2 Å². The number of pyridine rings is 1. The molecule has 2 heterocycles. The van der Waals surface area contributed by atoms with Gasteiger partial charge in [-0.25, -0.2) is 4.98 Å². The Labute approximate surface area is 147 Å². The van der Waals surface area contributed by atoms with Crippen molar-refractivity contribution in [2.75, 3.05) is 24.5 Å². The molecule has 6 heteroatoms. The van der Waals surface area contributed by atoms with Crippen molar-refractivity contribution >= 4 is 23.8 Å². The molecule has 0 atom stereocenters. The number of carbonyl (C=O) groups excluding carboxylic acids is 2. The fourth-order valence-corrected chi connectivity index (χ4v) is 3.00. The molecule has 1 aliphatic rings. The maximum Gasteiger partial charge on any atom is 0.252 e. The summed E-state index contributed by atoms with van der Waals surface area (Å²) in [5, 5.41) is 5.39. The molecule has 0 fully saturated rings. The number of para-hydroxylation sites is 1. The molecule has 1 aromatic carbocycles. The average Bonchev–Trinajstić information content (AvgIpc) is 2.67. The fraction of sp³-hybridized carbons (Fsp3) is 0.316.